The zero-order valence-electron chi connectivity index (χ0n) is 9.56. The van der Waals surface area contributed by atoms with E-state index in [4.69, 9.17) is 15.6 Å². The molecule has 3 N–H and O–H groups in total. The van der Waals surface area contributed by atoms with E-state index >= 15 is 0 Å². The van der Waals surface area contributed by atoms with E-state index < -0.39 is 5.97 Å². The first-order chi connectivity index (χ1) is 8.20. The standard InChI is InChI=1S/C12H16N2O3/c13-11-9(12(15)16)3-1-4-10(11)14-5-2-7-17-8-6-14/h1,3-4H,2,5-8,13H2,(H,15,16). The maximum atomic E-state index is 11.0. The molecule has 0 atom stereocenters. The van der Waals surface area contributed by atoms with E-state index in [9.17, 15) is 4.79 Å². The van der Waals surface area contributed by atoms with Crippen LogP contribution in [-0.2, 0) is 4.74 Å². The fourth-order valence-electron chi connectivity index (χ4n) is 2.00. The van der Waals surface area contributed by atoms with Crippen LogP contribution in [0.2, 0.25) is 0 Å². The Morgan fingerprint density at radius 3 is 2.94 bits per heavy atom. The van der Waals surface area contributed by atoms with Gasteiger partial charge in [-0.2, -0.15) is 0 Å². The van der Waals surface area contributed by atoms with Crippen molar-refractivity contribution in [3.05, 3.63) is 23.8 Å². The van der Waals surface area contributed by atoms with Gasteiger partial charge < -0.3 is 20.5 Å². The molecule has 0 bridgehead atoms. The number of nitrogens with zero attached hydrogens (tertiary/aromatic N) is 1. The highest BCUT2D eigenvalue weighted by molar-refractivity contribution is 5.97. The number of nitrogens with two attached hydrogens (primary N) is 1. The number of ether oxygens (including phenoxy) is 1. The summed E-state index contributed by atoms with van der Waals surface area (Å²) in [4.78, 5) is 13.1. The van der Waals surface area contributed by atoms with Crippen LogP contribution in [0, 0.1) is 0 Å². The molecule has 0 spiro atoms. The van der Waals surface area contributed by atoms with Crippen molar-refractivity contribution in [2.45, 2.75) is 6.42 Å². The van der Waals surface area contributed by atoms with Gasteiger partial charge in [0.1, 0.15) is 0 Å². The lowest BCUT2D eigenvalue weighted by Crippen LogP contribution is -2.27. The van der Waals surface area contributed by atoms with E-state index in [2.05, 4.69) is 4.90 Å². The Hall–Kier alpha value is -1.75. The number of hydrogen-bond donors (Lipinski definition) is 2. The van der Waals surface area contributed by atoms with Gasteiger partial charge in [-0.1, -0.05) is 6.07 Å². The number of carbonyl (C=O) groups is 1. The predicted octanol–water partition coefficient (Wildman–Crippen LogP) is 1.19. The summed E-state index contributed by atoms with van der Waals surface area (Å²) < 4.78 is 5.36. The van der Waals surface area contributed by atoms with E-state index in [-0.39, 0.29) is 5.56 Å². The molecule has 1 fully saturated rings. The average Bonchev–Trinajstić information content (AvgIpc) is 2.57. The van der Waals surface area contributed by atoms with Crippen molar-refractivity contribution >= 4 is 17.3 Å². The Morgan fingerprint density at radius 1 is 1.35 bits per heavy atom. The van der Waals surface area contributed by atoms with Crippen LogP contribution in [0.3, 0.4) is 0 Å². The van der Waals surface area contributed by atoms with Crippen LogP contribution in [0.15, 0.2) is 18.2 Å². The summed E-state index contributed by atoms with van der Waals surface area (Å²) in [5.74, 6) is -0.990. The van der Waals surface area contributed by atoms with Crippen molar-refractivity contribution < 1.29 is 14.6 Å². The molecule has 1 aliphatic rings. The summed E-state index contributed by atoms with van der Waals surface area (Å²) in [5.41, 5.74) is 7.19. The Bertz CT molecular complexity index is 412. The molecule has 1 aliphatic heterocycles. The Kier molecular flexibility index (Phi) is 3.49. The highest BCUT2D eigenvalue weighted by atomic mass is 16.5. The molecular formula is C12H16N2O3. The zero-order valence-corrected chi connectivity index (χ0v) is 9.56. The monoisotopic (exact) mass is 236 g/mol. The average molecular weight is 236 g/mol. The molecule has 0 aromatic heterocycles. The highest BCUT2D eigenvalue weighted by Gasteiger charge is 2.16. The van der Waals surface area contributed by atoms with E-state index in [1.165, 1.54) is 6.07 Å². The summed E-state index contributed by atoms with van der Waals surface area (Å²) >= 11 is 0. The molecular weight excluding hydrogens is 220 g/mol. The Labute approximate surface area is 99.8 Å². The van der Waals surface area contributed by atoms with Crippen molar-refractivity contribution in [1.29, 1.82) is 0 Å². The molecule has 2 rings (SSSR count). The first-order valence-corrected chi connectivity index (χ1v) is 5.64. The number of carboxylic acid groups (broad SMARTS) is 1. The van der Waals surface area contributed by atoms with Gasteiger partial charge in [0.05, 0.1) is 23.5 Å². The molecule has 0 saturated carbocycles. The summed E-state index contributed by atoms with van der Waals surface area (Å²) in [7, 11) is 0. The smallest absolute Gasteiger partial charge is 0.337 e. The fraction of sp³-hybridized carbons (Fsp3) is 0.417. The second-order valence-corrected chi connectivity index (χ2v) is 4.00. The van der Waals surface area contributed by atoms with Crippen LogP contribution in [0.1, 0.15) is 16.8 Å². The van der Waals surface area contributed by atoms with E-state index in [0.29, 0.717) is 12.3 Å². The molecule has 17 heavy (non-hydrogen) atoms. The van der Waals surface area contributed by atoms with Gasteiger partial charge >= 0.3 is 5.97 Å². The quantitative estimate of drug-likeness (QED) is 0.754. The maximum Gasteiger partial charge on any atom is 0.337 e. The number of aromatic carboxylic acids is 1. The van der Waals surface area contributed by atoms with E-state index in [1.54, 1.807) is 6.07 Å². The molecule has 1 aromatic carbocycles. The Balaban J connectivity index is 2.30. The lowest BCUT2D eigenvalue weighted by atomic mass is 10.1. The molecule has 92 valence electrons. The normalized spacial score (nSPS) is 16.6. The predicted molar refractivity (Wildman–Crippen MR) is 65.5 cm³/mol. The topological polar surface area (TPSA) is 75.8 Å². The van der Waals surface area contributed by atoms with E-state index in [0.717, 1.165) is 31.8 Å². The summed E-state index contributed by atoms with van der Waals surface area (Å²) in [6.45, 7) is 2.98. The number of benzene rings is 1. The molecule has 1 aromatic rings. The first-order valence-electron chi connectivity index (χ1n) is 5.64. The van der Waals surface area contributed by atoms with Crippen LogP contribution in [0.25, 0.3) is 0 Å². The van der Waals surface area contributed by atoms with Gasteiger partial charge in [0.25, 0.3) is 0 Å². The van der Waals surface area contributed by atoms with Gasteiger partial charge in [-0.15, -0.1) is 0 Å². The van der Waals surface area contributed by atoms with Gasteiger partial charge in [0.2, 0.25) is 0 Å². The van der Waals surface area contributed by atoms with Crippen molar-refractivity contribution in [1.82, 2.24) is 0 Å². The highest BCUT2D eigenvalue weighted by Crippen LogP contribution is 2.27. The number of anilines is 2. The third-order valence-electron chi connectivity index (χ3n) is 2.88. The van der Waals surface area contributed by atoms with Crippen LogP contribution < -0.4 is 10.6 Å². The second-order valence-electron chi connectivity index (χ2n) is 4.00. The Morgan fingerprint density at radius 2 is 2.18 bits per heavy atom. The third-order valence-corrected chi connectivity index (χ3v) is 2.88. The van der Waals surface area contributed by atoms with Crippen LogP contribution in [0.4, 0.5) is 11.4 Å². The van der Waals surface area contributed by atoms with Crippen LogP contribution in [-0.4, -0.2) is 37.4 Å². The van der Waals surface area contributed by atoms with Crippen molar-refractivity contribution in [2.24, 2.45) is 0 Å². The van der Waals surface area contributed by atoms with Gasteiger partial charge in [0, 0.05) is 19.7 Å². The molecule has 0 amide bonds. The summed E-state index contributed by atoms with van der Waals surface area (Å²) in [6.07, 6.45) is 0.927. The molecule has 5 heteroatoms. The number of para-hydroxylation sites is 1. The van der Waals surface area contributed by atoms with Gasteiger partial charge in [0.15, 0.2) is 0 Å². The minimum Gasteiger partial charge on any atom is -0.478 e. The van der Waals surface area contributed by atoms with Crippen molar-refractivity contribution in [3.8, 4) is 0 Å². The van der Waals surface area contributed by atoms with E-state index in [1.807, 2.05) is 6.07 Å². The maximum absolute atomic E-state index is 11.0. The minimum atomic E-state index is -0.990. The molecule has 0 unspecified atom stereocenters. The molecule has 5 nitrogen and oxygen atoms in total. The largest absolute Gasteiger partial charge is 0.478 e. The molecule has 1 saturated heterocycles. The lowest BCUT2D eigenvalue weighted by molar-refractivity contribution is 0.0698. The first kappa shape index (κ1) is 11.7. The SMILES string of the molecule is Nc1c(C(=O)O)cccc1N1CCCOCC1. The lowest BCUT2D eigenvalue weighted by Gasteiger charge is -2.24. The third kappa shape index (κ3) is 2.50. The van der Waals surface area contributed by atoms with Crippen molar-refractivity contribution in [3.63, 3.8) is 0 Å². The number of nitrogen functional groups attached to an aromatic ring is 1. The van der Waals surface area contributed by atoms with Gasteiger partial charge in [-0.05, 0) is 18.6 Å². The molecule has 0 radical (unpaired) electrons. The number of hydrogen-bond acceptors (Lipinski definition) is 4. The fourth-order valence-corrected chi connectivity index (χ4v) is 2.00. The van der Waals surface area contributed by atoms with Crippen molar-refractivity contribution in [2.75, 3.05) is 36.9 Å². The summed E-state index contributed by atoms with van der Waals surface area (Å²) in [5, 5.41) is 9.02. The molecule has 1 heterocycles. The zero-order chi connectivity index (χ0) is 12.3. The van der Waals surface area contributed by atoms with Crippen LogP contribution in [0.5, 0.6) is 0 Å². The van der Waals surface area contributed by atoms with Gasteiger partial charge in [-0.3, -0.25) is 0 Å². The van der Waals surface area contributed by atoms with Gasteiger partial charge in [-0.25, -0.2) is 4.79 Å². The van der Waals surface area contributed by atoms with Crippen LogP contribution >= 0.6 is 0 Å². The second kappa shape index (κ2) is 5.05. The number of rotatable bonds is 2. The molecule has 0 aliphatic carbocycles. The minimum absolute atomic E-state index is 0.160. The number of carboxylic acids is 1. The summed E-state index contributed by atoms with van der Waals surface area (Å²) in [6, 6.07) is 5.10.